The van der Waals surface area contributed by atoms with Crippen molar-refractivity contribution in [3.63, 3.8) is 0 Å². The van der Waals surface area contributed by atoms with Crippen LogP contribution in [0.25, 0.3) is 0 Å². The summed E-state index contributed by atoms with van der Waals surface area (Å²) in [5.41, 5.74) is 6.45. The van der Waals surface area contributed by atoms with Crippen molar-refractivity contribution in [2.75, 3.05) is 6.54 Å². The van der Waals surface area contributed by atoms with Gasteiger partial charge in [-0.15, -0.1) is 0 Å². The van der Waals surface area contributed by atoms with Crippen molar-refractivity contribution in [2.45, 2.75) is 25.0 Å². The van der Waals surface area contributed by atoms with Crippen molar-refractivity contribution in [3.8, 4) is 0 Å². The van der Waals surface area contributed by atoms with Gasteiger partial charge >= 0.3 is 0 Å². The highest BCUT2D eigenvalue weighted by Gasteiger charge is 2.30. The van der Waals surface area contributed by atoms with Gasteiger partial charge in [-0.1, -0.05) is 0 Å². The molecule has 0 aliphatic heterocycles. The summed E-state index contributed by atoms with van der Waals surface area (Å²) in [6, 6.07) is -0.727. The Balaban J connectivity index is 1.82. The van der Waals surface area contributed by atoms with Gasteiger partial charge in [0, 0.05) is 25.4 Å². The van der Waals surface area contributed by atoms with Crippen LogP contribution in [0.2, 0.25) is 0 Å². The van der Waals surface area contributed by atoms with E-state index in [9.17, 15) is 9.90 Å². The fourth-order valence-corrected chi connectivity index (χ4v) is 1.71. The van der Waals surface area contributed by atoms with Crippen molar-refractivity contribution < 1.29 is 9.90 Å². The normalized spacial score (nSPS) is 18.8. The van der Waals surface area contributed by atoms with Crippen molar-refractivity contribution in [1.29, 1.82) is 0 Å². The lowest BCUT2D eigenvalue weighted by Gasteiger charge is -2.13. The molecular formula is C11H18N4O2. The summed E-state index contributed by atoms with van der Waals surface area (Å²) in [5, 5.41) is 16.2. The van der Waals surface area contributed by atoms with Crippen LogP contribution in [0.3, 0.4) is 0 Å². The van der Waals surface area contributed by atoms with Gasteiger partial charge in [0.05, 0.1) is 12.3 Å². The van der Waals surface area contributed by atoms with Gasteiger partial charge in [-0.05, 0) is 18.8 Å². The predicted molar refractivity (Wildman–Crippen MR) is 61.9 cm³/mol. The standard InChI is InChI=1S/C11H18N4O2/c1-15-6-8(4-14-15)10(12)11(17)13-5-9(16)7-2-3-7/h4,6-7,9-10,16H,2-3,5,12H2,1H3,(H,13,17). The van der Waals surface area contributed by atoms with E-state index in [1.165, 1.54) is 0 Å². The molecule has 6 nitrogen and oxygen atoms in total. The summed E-state index contributed by atoms with van der Waals surface area (Å²) in [4.78, 5) is 11.7. The molecule has 1 saturated carbocycles. The Morgan fingerprint density at radius 2 is 2.47 bits per heavy atom. The van der Waals surface area contributed by atoms with Crippen LogP contribution in [0, 0.1) is 5.92 Å². The van der Waals surface area contributed by atoms with Crippen LogP contribution in [0.4, 0.5) is 0 Å². The highest BCUT2D eigenvalue weighted by molar-refractivity contribution is 5.82. The third-order valence-electron chi connectivity index (χ3n) is 3.02. The molecule has 2 rings (SSSR count). The highest BCUT2D eigenvalue weighted by atomic mass is 16.3. The lowest BCUT2D eigenvalue weighted by atomic mass is 10.1. The molecule has 0 spiro atoms. The minimum atomic E-state index is -0.727. The molecular weight excluding hydrogens is 220 g/mol. The maximum absolute atomic E-state index is 11.7. The molecule has 1 aliphatic carbocycles. The van der Waals surface area contributed by atoms with Crippen LogP contribution in [-0.4, -0.2) is 33.4 Å². The van der Waals surface area contributed by atoms with Crippen LogP contribution >= 0.6 is 0 Å². The zero-order valence-corrected chi connectivity index (χ0v) is 9.84. The number of hydrogen-bond acceptors (Lipinski definition) is 4. The number of carbonyl (C=O) groups is 1. The number of amides is 1. The number of nitrogens with zero attached hydrogens (tertiary/aromatic N) is 2. The average molecular weight is 238 g/mol. The second-order valence-corrected chi connectivity index (χ2v) is 4.57. The number of rotatable bonds is 5. The van der Waals surface area contributed by atoms with E-state index in [1.807, 2.05) is 0 Å². The summed E-state index contributed by atoms with van der Waals surface area (Å²) in [6.45, 7) is 0.275. The van der Waals surface area contributed by atoms with Crippen molar-refractivity contribution in [3.05, 3.63) is 18.0 Å². The zero-order chi connectivity index (χ0) is 12.4. The van der Waals surface area contributed by atoms with E-state index in [2.05, 4.69) is 10.4 Å². The molecule has 0 aromatic carbocycles. The molecule has 1 heterocycles. The van der Waals surface area contributed by atoms with Gasteiger partial charge in [0.2, 0.25) is 5.91 Å². The molecule has 4 N–H and O–H groups in total. The smallest absolute Gasteiger partial charge is 0.241 e. The quantitative estimate of drug-likeness (QED) is 0.633. The Hall–Kier alpha value is -1.40. The topological polar surface area (TPSA) is 93.2 Å². The summed E-state index contributed by atoms with van der Waals surface area (Å²) in [7, 11) is 1.77. The van der Waals surface area contributed by atoms with Crippen LogP contribution in [-0.2, 0) is 11.8 Å². The van der Waals surface area contributed by atoms with E-state index in [4.69, 9.17) is 5.73 Å². The van der Waals surface area contributed by atoms with Gasteiger partial charge in [0.1, 0.15) is 6.04 Å². The number of hydrogen-bond donors (Lipinski definition) is 3. The molecule has 2 unspecified atom stereocenters. The van der Waals surface area contributed by atoms with Crippen LogP contribution in [0.5, 0.6) is 0 Å². The molecule has 17 heavy (non-hydrogen) atoms. The monoisotopic (exact) mass is 238 g/mol. The summed E-state index contributed by atoms with van der Waals surface area (Å²) in [5.74, 6) is 0.0719. The first kappa shape index (κ1) is 12.1. The molecule has 2 atom stereocenters. The molecule has 0 radical (unpaired) electrons. The number of nitrogens with one attached hydrogen (secondary N) is 1. The molecule has 1 fully saturated rings. The Morgan fingerprint density at radius 3 is 3.00 bits per heavy atom. The van der Waals surface area contributed by atoms with Crippen LogP contribution in [0.1, 0.15) is 24.4 Å². The molecule has 0 bridgehead atoms. The first-order valence-electron chi connectivity index (χ1n) is 5.78. The second kappa shape index (κ2) is 4.85. The fourth-order valence-electron chi connectivity index (χ4n) is 1.71. The summed E-state index contributed by atoms with van der Waals surface area (Å²) in [6.07, 6.45) is 4.93. The molecule has 0 saturated heterocycles. The predicted octanol–water partition coefficient (Wildman–Crippen LogP) is -0.693. The van der Waals surface area contributed by atoms with Crippen molar-refractivity contribution in [1.82, 2.24) is 15.1 Å². The SMILES string of the molecule is Cn1cc(C(N)C(=O)NCC(O)C2CC2)cn1. The minimum Gasteiger partial charge on any atom is -0.391 e. The number of aliphatic hydroxyl groups is 1. The molecule has 1 aromatic heterocycles. The Morgan fingerprint density at radius 1 is 1.76 bits per heavy atom. The third-order valence-corrected chi connectivity index (χ3v) is 3.02. The van der Waals surface area contributed by atoms with Crippen molar-refractivity contribution >= 4 is 5.91 Å². The minimum absolute atomic E-state index is 0.275. The molecule has 94 valence electrons. The van der Waals surface area contributed by atoms with Gasteiger partial charge in [0.15, 0.2) is 0 Å². The first-order chi connectivity index (χ1) is 8.08. The Bertz CT molecular complexity index is 400. The molecule has 6 heteroatoms. The zero-order valence-electron chi connectivity index (χ0n) is 9.84. The van der Waals surface area contributed by atoms with Gasteiger partial charge in [-0.3, -0.25) is 9.48 Å². The summed E-state index contributed by atoms with van der Waals surface area (Å²) >= 11 is 0. The van der Waals surface area contributed by atoms with E-state index >= 15 is 0 Å². The van der Waals surface area contributed by atoms with Gasteiger partial charge in [0.25, 0.3) is 0 Å². The Kier molecular flexibility index (Phi) is 3.44. The maximum atomic E-state index is 11.7. The molecule has 1 aliphatic rings. The number of nitrogens with two attached hydrogens (primary N) is 1. The molecule has 1 aromatic rings. The largest absolute Gasteiger partial charge is 0.391 e. The number of aryl methyl sites for hydroxylation is 1. The second-order valence-electron chi connectivity index (χ2n) is 4.57. The Labute approximate surface area is 99.8 Å². The average Bonchev–Trinajstić information content (AvgIpc) is 3.07. The van der Waals surface area contributed by atoms with Gasteiger partial charge in [-0.2, -0.15) is 5.10 Å². The van der Waals surface area contributed by atoms with E-state index in [0.29, 0.717) is 11.5 Å². The lowest BCUT2D eigenvalue weighted by molar-refractivity contribution is -0.123. The molecule has 1 amide bonds. The number of carbonyl (C=O) groups excluding carboxylic acids is 1. The van der Waals surface area contributed by atoms with Crippen LogP contribution < -0.4 is 11.1 Å². The third kappa shape index (κ3) is 3.04. The highest BCUT2D eigenvalue weighted by Crippen LogP contribution is 2.32. The van der Waals surface area contributed by atoms with Gasteiger partial charge in [-0.25, -0.2) is 0 Å². The van der Waals surface area contributed by atoms with Crippen molar-refractivity contribution in [2.24, 2.45) is 18.7 Å². The van der Waals surface area contributed by atoms with E-state index in [-0.39, 0.29) is 12.5 Å². The number of aliphatic hydroxyl groups excluding tert-OH is 1. The van der Waals surface area contributed by atoms with Crippen LogP contribution in [0.15, 0.2) is 12.4 Å². The summed E-state index contributed by atoms with van der Waals surface area (Å²) < 4.78 is 1.60. The lowest BCUT2D eigenvalue weighted by Crippen LogP contribution is -2.39. The van der Waals surface area contributed by atoms with Gasteiger partial charge < -0.3 is 16.2 Å². The van der Waals surface area contributed by atoms with E-state index < -0.39 is 12.1 Å². The maximum Gasteiger partial charge on any atom is 0.241 e. The number of aromatic nitrogens is 2. The first-order valence-corrected chi connectivity index (χ1v) is 5.78. The fraction of sp³-hybridized carbons (Fsp3) is 0.636. The van der Waals surface area contributed by atoms with E-state index in [1.54, 1.807) is 24.1 Å². The van der Waals surface area contributed by atoms with E-state index in [0.717, 1.165) is 12.8 Å².